The molecule has 0 aliphatic carbocycles. The van der Waals surface area contributed by atoms with E-state index in [0.717, 1.165) is 0 Å². The van der Waals surface area contributed by atoms with Gasteiger partial charge in [0.1, 0.15) is 5.75 Å². The maximum absolute atomic E-state index is 13.8. The van der Waals surface area contributed by atoms with Crippen LogP contribution in [0.2, 0.25) is 0 Å². The Hall–Kier alpha value is -2.01. The summed E-state index contributed by atoms with van der Waals surface area (Å²) in [6, 6.07) is 5.50. The van der Waals surface area contributed by atoms with Crippen molar-refractivity contribution in [3.63, 3.8) is 0 Å². The standard InChI is InChI=1S/C14H14F2N2O/c1-9(17)5-10-6-12(15)14(13(16)7-10)19-11-3-2-4-18-8-11/h2-4,6-9H,5,17H2,1H3. The minimum absolute atomic E-state index is 0.163. The Kier molecular flexibility index (Phi) is 4.06. The van der Waals surface area contributed by atoms with Crippen molar-refractivity contribution in [3.05, 3.63) is 53.9 Å². The average molecular weight is 264 g/mol. The zero-order valence-electron chi connectivity index (χ0n) is 10.4. The fraction of sp³-hybridized carbons (Fsp3) is 0.214. The lowest BCUT2D eigenvalue weighted by Gasteiger charge is -2.10. The van der Waals surface area contributed by atoms with E-state index >= 15 is 0 Å². The van der Waals surface area contributed by atoms with Crippen LogP contribution in [0.5, 0.6) is 11.5 Å². The quantitative estimate of drug-likeness (QED) is 0.923. The molecule has 19 heavy (non-hydrogen) atoms. The SMILES string of the molecule is CC(N)Cc1cc(F)c(Oc2cccnc2)c(F)c1. The number of nitrogens with two attached hydrogens (primary N) is 1. The maximum Gasteiger partial charge on any atom is 0.198 e. The van der Waals surface area contributed by atoms with Crippen LogP contribution in [0.15, 0.2) is 36.7 Å². The first-order valence-electron chi connectivity index (χ1n) is 5.87. The molecule has 1 aromatic heterocycles. The Morgan fingerprint density at radius 3 is 2.53 bits per heavy atom. The molecule has 0 aliphatic heterocycles. The minimum Gasteiger partial charge on any atom is -0.450 e. The number of nitrogens with zero attached hydrogens (tertiary/aromatic N) is 1. The van der Waals surface area contributed by atoms with E-state index in [1.807, 2.05) is 0 Å². The number of halogens is 2. The molecular formula is C14H14F2N2O. The van der Waals surface area contributed by atoms with Crippen LogP contribution in [-0.2, 0) is 6.42 Å². The van der Waals surface area contributed by atoms with Crippen molar-refractivity contribution in [2.45, 2.75) is 19.4 Å². The lowest BCUT2D eigenvalue weighted by Crippen LogP contribution is -2.18. The molecule has 1 heterocycles. The van der Waals surface area contributed by atoms with Gasteiger partial charge in [-0.05, 0) is 43.2 Å². The van der Waals surface area contributed by atoms with E-state index in [1.165, 1.54) is 18.3 Å². The molecule has 0 spiro atoms. The summed E-state index contributed by atoms with van der Waals surface area (Å²) in [6.07, 6.45) is 3.33. The van der Waals surface area contributed by atoms with Crippen LogP contribution in [0, 0.1) is 11.6 Å². The van der Waals surface area contributed by atoms with Crippen LogP contribution in [-0.4, -0.2) is 11.0 Å². The highest BCUT2D eigenvalue weighted by Crippen LogP contribution is 2.28. The second-order valence-corrected chi connectivity index (χ2v) is 4.36. The van der Waals surface area contributed by atoms with Crippen LogP contribution < -0.4 is 10.5 Å². The first kappa shape index (κ1) is 13.4. The number of pyridine rings is 1. The summed E-state index contributed by atoms with van der Waals surface area (Å²) in [5, 5.41) is 0. The van der Waals surface area contributed by atoms with E-state index in [0.29, 0.717) is 12.0 Å². The van der Waals surface area contributed by atoms with Crippen LogP contribution in [0.25, 0.3) is 0 Å². The van der Waals surface area contributed by atoms with Gasteiger partial charge in [-0.3, -0.25) is 4.98 Å². The van der Waals surface area contributed by atoms with Gasteiger partial charge in [0.25, 0.3) is 0 Å². The van der Waals surface area contributed by atoms with Crippen molar-refractivity contribution in [1.82, 2.24) is 4.98 Å². The Balaban J connectivity index is 2.27. The molecule has 1 unspecified atom stereocenters. The van der Waals surface area contributed by atoms with E-state index < -0.39 is 17.4 Å². The molecule has 0 amide bonds. The summed E-state index contributed by atoms with van der Waals surface area (Å²) in [4.78, 5) is 3.81. The van der Waals surface area contributed by atoms with E-state index in [-0.39, 0.29) is 11.8 Å². The van der Waals surface area contributed by atoms with Crippen LogP contribution >= 0.6 is 0 Å². The molecule has 0 saturated carbocycles. The fourth-order valence-corrected chi connectivity index (χ4v) is 1.72. The van der Waals surface area contributed by atoms with Crippen LogP contribution in [0.3, 0.4) is 0 Å². The highest BCUT2D eigenvalue weighted by molar-refractivity contribution is 5.35. The zero-order valence-corrected chi connectivity index (χ0v) is 10.4. The second kappa shape index (κ2) is 5.75. The fourth-order valence-electron chi connectivity index (χ4n) is 1.72. The molecule has 0 aliphatic rings. The van der Waals surface area contributed by atoms with Gasteiger partial charge in [0.2, 0.25) is 0 Å². The first-order valence-corrected chi connectivity index (χ1v) is 5.87. The Labute approximate surface area is 110 Å². The van der Waals surface area contributed by atoms with Crippen molar-refractivity contribution >= 4 is 0 Å². The summed E-state index contributed by atoms with van der Waals surface area (Å²) in [5.41, 5.74) is 6.11. The van der Waals surface area contributed by atoms with E-state index in [9.17, 15) is 8.78 Å². The van der Waals surface area contributed by atoms with Gasteiger partial charge in [0, 0.05) is 12.2 Å². The van der Waals surface area contributed by atoms with Crippen molar-refractivity contribution in [3.8, 4) is 11.5 Å². The molecule has 0 fully saturated rings. The number of ether oxygens (including phenoxy) is 1. The Morgan fingerprint density at radius 2 is 2.00 bits per heavy atom. The number of aromatic nitrogens is 1. The molecule has 3 nitrogen and oxygen atoms in total. The van der Waals surface area contributed by atoms with Gasteiger partial charge >= 0.3 is 0 Å². The molecule has 5 heteroatoms. The summed E-state index contributed by atoms with van der Waals surface area (Å²) in [5.74, 6) is -1.65. The molecule has 2 rings (SSSR count). The van der Waals surface area contributed by atoms with Crippen LogP contribution in [0.1, 0.15) is 12.5 Å². The molecule has 1 atom stereocenters. The normalized spacial score (nSPS) is 12.2. The Bertz CT molecular complexity index is 536. The molecule has 0 radical (unpaired) electrons. The third-order valence-electron chi connectivity index (χ3n) is 2.47. The van der Waals surface area contributed by atoms with E-state index in [1.54, 1.807) is 25.3 Å². The van der Waals surface area contributed by atoms with E-state index in [2.05, 4.69) is 4.98 Å². The molecule has 1 aromatic carbocycles. The summed E-state index contributed by atoms with van der Waals surface area (Å²) in [6.45, 7) is 1.77. The van der Waals surface area contributed by atoms with Gasteiger partial charge in [-0.1, -0.05) is 0 Å². The summed E-state index contributed by atoms with van der Waals surface area (Å²) in [7, 11) is 0. The smallest absolute Gasteiger partial charge is 0.198 e. The largest absolute Gasteiger partial charge is 0.450 e. The third kappa shape index (κ3) is 3.48. The first-order chi connectivity index (χ1) is 9.06. The molecule has 0 saturated heterocycles. The van der Waals surface area contributed by atoms with Gasteiger partial charge in [-0.25, -0.2) is 8.78 Å². The molecule has 2 N–H and O–H groups in total. The number of hydrogen-bond acceptors (Lipinski definition) is 3. The van der Waals surface area contributed by atoms with E-state index in [4.69, 9.17) is 10.5 Å². The number of hydrogen-bond donors (Lipinski definition) is 1. The predicted octanol–water partition coefficient (Wildman–Crippen LogP) is 3.04. The molecule has 2 aromatic rings. The summed E-state index contributed by atoms with van der Waals surface area (Å²) >= 11 is 0. The van der Waals surface area contributed by atoms with Crippen molar-refractivity contribution < 1.29 is 13.5 Å². The second-order valence-electron chi connectivity index (χ2n) is 4.36. The monoisotopic (exact) mass is 264 g/mol. The highest BCUT2D eigenvalue weighted by atomic mass is 19.1. The lowest BCUT2D eigenvalue weighted by molar-refractivity contribution is 0.405. The molecular weight excluding hydrogens is 250 g/mol. The van der Waals surface area contributed by atoms with Crippen LogP contribution in [0.4, 0.5) is 8.78 Å². The van der Waals surface area contributed by atoms with Crippen molar-refractivity contribution in [1.29, 1.82) is 0 Å². The van der Waals surface area contributed by atoms with Gasteiger partial charge in [-0.15, -0.1) is 0 Å². The maximum atomic E-state index is 13.8. The zero-order chi connectivity index (χ0) is 13.8. The highest BCUT2D eigenvalue weighted by Gasteiger charge is 2.14. The average Bonchev–Trinajstić information content (AvgIpc) is 2.34. The third-order valence-corrected chi connectivity index (χ3v) is 2.47. The minimum atomic E-state index is -0.750. The lowest BCUT2D eigenvalue weighted by atomic mass is 10.1. The molecule has 0 bridgehead atoms. The topological polar surface area (TPSA) is 48.1 Å². The number of rotatable bonds is 4. The van der Waals surface area contributed by atoms with Gasteiger partial charge < -0.3 is 10.5 Å². The van der Waals surface area contributed by atoms with Gasteiger partial charge in [0.15, 0.2) is 17.4 Å². The number of benzene rings is 1. The van der Waals surface area contributed by atoms with Crippen molar-refractivity contribution in [2.75, 3.05) is 0 Å². The summed E-state index contributed by atoms with van der Waals surface area (Å²) < 4.78 is 32.8. The van der Waals surface area contributed by atoms with Crippen molar-refractivity contribution in [2.24, 2.45) is 5.73 Å². The molecule has 100 valence electrons. The Morgan fingerprint density at radius 1 is 1.32 bits per heavy atom. The van der Waals surface area contributed by atoms with Gasteiger partial charge in [0.05, 0.1) is 6.20 Å². The van der Waals surface area contributed by atoms with Gasteiger partial charge in [-0.2, -0.15) is 0 Å². The predicted molar refractivity (Wildman–Crippen MR) is 68.0 cm³/mol.